The fourth-order valence-electron chi connectivity index (χ4n) is 2.56. The fourth-order valence-corrected chi connectivity index (χ4v) is 2.56. The second-order valence-corrected chi connectivity index (χ2v) is 5.87. The van der Waals surface area contributed by atoms with Crippen LogP contribution in [0.2, 0.25) is 0 Å². The zero-order valence-electron chi connectivity index (χ0n) is 11.6. The molecule has 0 aromatic rings. The number of ether oxygens (including phenoxy) is 1. The Bertz CT molecular complexity index is 194. The van der Waals surface area contributed by atoms with Crippen LogP contribution in [0.4, 0.5) is 0 Å². The average Bonchev–Trinajstić information content (AvgIpc) is 2.37. The quantitative estimate of drug-likeness (QED) is 0.828. The number of nitrogens with two attached hydrogens (primary N) is 1. The first kappa shape index (κ1) is 17.2. The van der Waals surface area contributed by atoms with Gasteiger partial charge in [-0.15, -0.1) is 12.4 Å². The summed E-state index contributed by atoms with van der Waals surface area (Å²) in [6, 6.07) is 0. The molecule has 0 amide bonds. The Morgan fingerprint density at radius 3 is 2.65 bits per heavy atom. The largest absolute Gasteiger partial charge is 0.385 e. The van der Waals surface area contributed by atoms with E-state index in [1.54, 1.807) is 7.11 Å². The monoisotopic (exact) mass is 264 g/mol. The van der Waals surface area contributed by atoms with E-state index in [4.69, 9.17) is 10.5 Å². The number of methoxy groups -OCH3 is 1. The smallest absolute Gasteiger partial charge is 0.0465 e. The van der Waals surface area contributed by atoms with Crippen molar-refractivity contribution in [1.82, 2.24) is 4.90 Å². The van der Waals surface area contributed by atoms with Gasteiger partial charge in [-0.3, -0.25) is 0 Å². The van der Waals surface area contributed by atoms with Crippen molar-refractivity contribution in [3.05, 3.63) is 0 Å². The summed E-state index contributed by atoms with van der Waals surface area (Å²) in [6.07, 6.45) is 5.22. The lowest BCUT2D eigenvalue weighted by Crippen LogP contribution is -2.46. The molecule has 1 aliphatic heterocycles. The lowest BCUT2D eigenvalue weighted by molar-refractivity contribution is 0.153. The van der Waals surface area contributed by atoms with Crippen molar-refractivity contribution in [1.29, 1.82) is 0 Å². The first-order chi connectivity index (χ1) is 7.51. The zero-order chi connectivity index (χ0) is 12.0. The van der Waals surface area contributed by atoms with Crippen molar-refractivity contribution in [3.8, 4) is 0 Å². The molecule has 1 fully saturated rings. The molecule has 1 saturated heterocycles. The van der Waals surface area contributed by atoms with Gasteiger partial charge in [-0.1, -0.05) is 6.42 Å². The summed E-state index contributed by atoms with van der Waals surface area (Å²) >= 11 is 0. The van der Waals surface area contributed by atoms with Crippen molar-refractivity contribution in [2.24, 2.45) is 11.7 Å². The van der Waals surface area contributed by atoms with Crippen molar-refractivity contribution in [2.75, 3.05) is 33.4 Å². The highest BCUT2D eigenvalue weighted by molar-refractivity contribution is 5.85. The van der Waals surface area contributed by atoms with E-state index in [0.717, 1.165) is 19.1 Å². The fraction of sp³-hybridized carbons (Fsp3) is 1.00. The Hall–Kier alpha value is 0.170. The van der Waals surface area contributed by atoms with Crippen LogP contribution >= 0.6 is 12.4 Å². The van der Waals surface area contributed by atoms with Crippen LogP contribution in [0.25, 0.3) is 0 Å². The number of rotatable bonds is 5. The third-order valence-electron chi connectivity index (χ3n) is 3.21. The Balaban J connectivity index is 0.00000256. The maximum atomic E-state index is 6.10. The molecule has 0 saturated carbocycles. The van der Waals surface area contributed by atoms with Crippen LogP contribution in [0.5, 0.6) is 0 Å². The maximum Gasteiger partial charge on any atom is 0.0465 e. The number of nitrogens with zero attached hydrogens (tertiary/aromatic N) is 1. The van der Waals surface area contributed by atoms with Gasteiger partial charge in [0.15, 0.2) is 0 Å². The zero-order valence-corrected chi connectivity index (χ0v) is 12.4. The number of hydrogen-bond donors (Lipinski definition) is 1. The third kappa shape index (κ3) is 7.98. The first-order valence-electron chi connectivity index (χ1n) is 6.51. The van der Waals surface area contributed by atoms with Crippen molar-refractivity contribution < 1.29 is 4.74 Å². The molecule has 0 aromatic carbocycles. The molecule has 4 heteroatoms. The van der Waals surface area contributed by atoms with Crippen molar-refractivity contribution >= 4 is 12.4 Å². The van der Waals surface area contributed by atoms with Crippen molar-refractivity contribution in [3.63, 3.8) is 0 Å². The van der Waals surface area contributed by atoms with E-state index in [1.165, 1.54) is 38.8 Å². The van der Waals surface area contributed by atoms with Gasteiger partial charge in [-0.05, 0) is 45.6 Å². The summed E-state index contributed by atoms with van der Waals surface area (Å²) in [7, 11) is 1.79. The number of hydrogen-bond acceptors (Lipinski definition) is 3. The number of likely N-dealkylation sites (tertiary alicyclic amines) is 1. The normalized spacial score (nSPS) is 22.9. The Morgan fingerprint density at radius 1 is 1.35 bits per heavy atom. The van der Waals surface area contributed by atoms with E-state index < -0.39 is 0 Å². The van der Waals surface area contributed by atoms with Gasteiger partial charge in [0, 0.05) is 32.3 Å². The molecule has 0 radical (unpaired) electrons. The summed E-state index contributed by atoms with van der Waals surface area (Å²) in [5.74, 6) is 0.796. The van der Waals surface area contributed by atoms with Crippen LogP contribution in [0.3, 0.4) is 0 Å². The molecule has 1 heterocycles. The van der Waals surface area contributed by atoms with Gasteiger partial charge < -0.3 is 15.4 Å². The maximum absolute atomic E-state index is 6.10. The van der Waals surface area contributed by atoms with Crippen LogP contribution < -0.4 is 5.73 Å². The lowest BCUT2D eigenvalue weighted by Gasteiger charge is -2.30. The molecule has 1 rings (SSSR count). The lowest BCUT2D eigenvalue weighted by atomic mass is 9.99. The van der Waals surface area contributed by atoms with E-state index in [9.17, 15) is 0 Å². The standard InChI is InChI=1S/C13H28N2O.ClH/c1-13(2,14)11-15-8-5-4-6-12(10-15)7-9-16-3;/h12H,4-11,14H2,1-3H3;1H. The molecule has 1 aliphatic rings. The minimum absolute atomic E-state index is 0. The predicted octanol–water partition coefficient (Wildman–Crippen LogP) is 2.28. The molecule has 0 spiro atoms. The van der Waals surface area contributed by atoms with Crippen LogP contribution in [0.1, 0.15) is 39.5 Å². The van der Waals surface area contributed by atoms with Gasteiger partial charge in [0.1, 0.15) is 0 Å². The highest BCUT2D eigenvalue weighted by Crippen LogP contribution is 2.20. The van der Waals surface area contributed by atoms with Gasteiger partial charge >= 0.3 is 0 Å². The predicted molar refractivity (Wildman–Crippen MR) is 75.8 cm³/mol. The van der Waals surface area contributed by atoms with Gasteiger partial charge in [0.25, 0.3) is 0 Å². The molecular formula is C13H29ClN2O. The summed E-state index contributed by atoms with van der Waals surface area (Å²) in [5, 5.41) is 0. The molecule has 1 unspecified atom stereocenters. The molecule has 0 bridgehead atoms. The van der Waals surface area contributed by atoms with Crippen LogP contribution in [-0.2, 0) is 4.74 Å². The molecule has 104 valence electrons. The summed E-state index contributed by atoms with van der Waals surface area (Å²) < 4.78 is 5.18. The van der Waals surface area contributed by atoms with Crippen LogP contribution in [-0.4, -0.2) is 43.8 Å². The van der Waals surface area contributed by atoms with Gasteiger partial charge in [-0.25, -0.2) is 0 Å². The molecule has 1 atom stereocenters. The van der Waals surface area contributed by atoms with Crippen molar-refractivity contribution in [2.45, 2.75) is 45.1 Å². The van der Waals surface area contributed by atoms with E-state index in [1.807, 2.05) is 0 Å². The Labute approximate surface area is 112 Å². The minimum Gasteiger partial charge on any atom is -0.385 e. The molecule has 0 aliphatic carbocycles. The van der Waals surface area contributed by atoms with E-state index in [0.29, 0.717) is 0 Å². The molecule has 3 nitrogen and oxygen atoms in total. The topological polar surface area (TPSA) is 38.5 Å². The summed E-state index contributed by atoms with van der Waals surface area (Å²) in [5.41, 5.74) is 6.02. The highest BCUT2D eigenvalue weighted by Gasteiger charge is 2.22. The van der Waals surface area contributed by atoms with E-state index in [2.05, 4.69) is 18.7 Å². The highest BCUT2D eigenvalue weighted by atomic mass is 35.5. The second-order valence-electron chi connectivity index (χ2n) is 5.87. The first-order valence-corrected chi connectivity index (χ1v) is 6.51. The minimum atomic E-state index is -0.0733. The van der Waals surface area contributed by atoms with Gasteiger partial charge in [0.05, 0.1) is 0 Å². The van der Waals surface area contributed by atoms with E-state index in [-0.39, 0.29) is 17.9 Å². The van der Waals surface area contributed by atoms with Crippen LogP contribution in [0, 0.1) is 5.92 Å². The van der Waals surface area contributed by atoms with Crippen LogP contribution in [0.15, 0.2) is 0 Å². The Morgan fingerprint density at radius 2 is 2.06 bits per heavy atom. The molecular weight excluding hydrogens is 236 g/mol. The molecule has 2 N–H and O–H groups in total. The second kappa shape index (κ2) is 8.30. The van der Waals surface area contributed by atoms with Gasteiger partial charge in [-0.2, -0.15) is 0 Å². The summed E-state index contributed by atoms with van der Waals surface area (Å²) in [4.78, 5) is 2.54. The molecule has 17 heavy (non-hydrogen) atoms. The summed E-state index contributed by atoms with van der Waals surface area (Å²) in [6.45, 7) is 8.54. The number of halogens is 1. The molecule has 0 aromatic heterocycles. The SMILES string of the molecule is COCCC1CCCCN(CC(C)(C)N)C1.Cl. The third-order valence-corrected chi connectivity index (χ3v) is 3.21. The van der Waals surface area contributed by atoms with Gasteiger partial charge in [0.2, 0.25) is 0 Å². The Kier molecular flexibility index (Phi) is 8.39. The average molecular weight is 265 g/mol. The van der Waals surface area contributed by atoms with E-state index >= 15 is 0 Å².